The minimum atomic E-state index is -0.244. The number of nitrogens with one attached hydrogen (secondary N) is 1. The standard InChI is InChI=1S/C16H30N2OS/c1-7-10-17-11-13-14(12(4)5)18-15(20-13)16(6,8-2)19-9-3/h12,17H,7-11H2,1-6H3. The van der Waals surface area contributed by atoms with Crippen molar-refractivity contribution in [2.45, 2.75) is 72.4 Å². The summed E-state index contributed by atoms with van der Waals surface area (Å²) in [6.45, 7) is 15.7. The average Bonchev–Trinajstić information content (AvgIpc) is 2.84. The van der Waals surface area contributed by atoms with Crippen LogP contribution in [0.1, 0.15) is 75.9 Å². The summed E-state index contributed by atoms with van der Waals surface area (Å²) in [5.74, 6) is 0.459. The molecular formula is C16H30N2OS. The van der Waals surface area contributed by atoms with Gasteiger partial charge >= 0.3 is 0 Å². The third-order valence-corrected chi connectivity index (χ3v) is 4.89. The van der Waals surface area contributed by atoms with Crippen molar-refractivity contribution >= 4 is 11.3 Å². The topological polar surface area (TPSA) is 34.1 Å². The van der Waals surface area contributed by atoms with E-state index < -0.39 is 0 Å². The summed E-state index contributed by atoms with van der Waals surface area (Å²) >= 11 is 1.81. The van der Waals surface area contributed by atoms with Crippen LogP contribution in [0, 0.1) is 0 Å². The first-order chi connectivity index (χ1) is 9.48. The highest BCUT2D eigenvalue weighted by Crippen LogP contribution is 2.35. The summed E-state index contributed by atoms with van der Waals surface area (Å²) in [6.07, 6.45) is 2.11. The minimum absolute atomic E-state index is 0.244. The molecular weight excluding hydrogens is 268 g/mol. The van der Waals surface area contributed by atoms with E-state index in [1.54, 1.807) is 0 Å². The van der Waals surface area contributed by atoms with Gasteiger partial charge in [-0.25, -0.2) is 4.98 Å². The molecule has 0 aromatic carbocycles. The maximum Gasteiger partial charge on any atom is 0.125 e. The quantitative estimate of drug-likeness (QED) is 0.685. The van der Waals surface area contributed by atoms with E-state index in [1.165, 1.54) is 10.6 Å². The van der Waals surface area contributed by atoms with Crippen LogP contribution < -0.4 is 5.32 Å². The van der Waals surface area contributed by atoms with Crippen LogP contribution >= 0.6 is 11.3 Å². The van der Waals surface area contributed by atoms with Crippen LogP contribution in [0.4, 0.5) is 0 Å². The minimum Gasteiger partial charge on any atom is -0.368 e. The fraction of sp³-hybridized carbons (Fsp3) is 0.812. The van der Waals surface area contributed by atoms with Gasteiger partial charge in [-0.05, 0) is 39.2 Å². The van der Waals surface area contributed by atoms with Crippen molar-refractivity contribution in [3.05, 3.63) is 15.6 Å². The van der Waals surface area contributed by atoms with Gasteiger partial charge in [0.15, 0.2) is 0 Å². The fourth-order valence-corrected chi connectivity index (χ4v) is 3.54. The smallest absolute Gasteiger partial charge is 0.125 e. The summed E-state index contributed by atoms with van der Waals surface area (Å²) in [6, 6.07) is 0. The molecule has 0 saturated carbocycles. The second-order valence-electron chi connectivity index (χ2n) is 5.68. The zero-order valence-electron chi connectivity index (χ0n) is 13.9. The van der Waals surface area contributed by atoms with Crippen molar-refractivity contribution in [2.75, 3.05) is 13.2 Å². The molecule has 1 heterocycles. The second kappa shape index (κ2) is 8.11. The summed E-state index contributed by atoms with van der Waals surface area (Å²) < 4.78 is 5.97. The molecule has 0 aliphatic heterocycles. The third kappa shape index (κ3) is 4.27. The molecule has 4 heteroatoms. The molecule has 0 spiro atoms. The third-order valence-electron chi connectivity index (χ3n) is 3.58. The molecule has 116 valence electrons. The number of aromatic nitrogens is 1. The van der Waals surface area contributed by atoms with Crippen molar-refractivity contribution in [1.29, 1.82) is 0 Å². The number of rotatable bonds is 9. The first-order valence-corrected chi connectivity index (χ1v) is 8.64. The monoisotopic (exact) mass is 298 g/mol. The van der Waals surface area contributed by atoms with Crippen LogP contribution in [-0.2, 0) is 16.9 Å². The van der Waals surface area contributed by atoms with Gasteiger partial charge in [-0.2, -0.15) is 0 Å². The van der Waals surface area contributed by atoms with Crippen molar-refractivity contribution in [3.63, 3.8) is 0 Å². The lowest BCUT2D eigenvalue weighted by Gasteiger charge is -2.25. The molecule has 1 aromatic rings. The first kappa shape index (κ1) is 17.6. The van der Waals surface area contributed by atoms with E-state index in [9.17, 15) is 0 Å². The Morgan fingerprint density at radius 1 is 1.30 bits per heavy atom. The Morgan fingerprint density at radius 2 is 2.00 bits per heavy atom. The molecule has 0 radical (unpaired) electrons. The second-order valence-corrected chi connectivity index (χ2v) is 6.76. The van der Waals surface area contributed by atoms with Gasteiger partial charge in [0.1, 0.15) is 10.6 Å². The van der Waals surface area contributed by atoms with E-state index in [4.69, 9.17) is 9.72 Å². The number of ether oxygens (including phenoxy) is 1. The molecule has 0 amide bonds. The summed E-state index contributed by atoms with van der Waals surface area (Å²) in [5.41, 5.74) is 0.986. The van der Waals surface area contributed by atoms with E-state index in [-0.39, 0.29) is 5.60 Å². The van der Waals surface area contributed by atoms with Gasteiger partial charge in [-0.3, -0.25) is 0 Å². The number of nitrogens with zero attached hydrogens (tertiary/aromatic N) is 1. The molecule has 1 unspecified atom stereocenters. The highest BCUT2D eigenvalue weighted by molar-refractivity contribution is 7.11. The van der Waals surface area contributed by atoms with Crippen LogP contribution in [0.5, 0.6) is 0 Å². The SMILES string of the molecule is CCCNCc1sc(C(C)(CC)OCC)nc1C(C)C. The fourth-order valence-electron chi connectivity index (χ4n) is 2.18. The predicted molar refractivity (Wildman–Crippen MR) is 87.5 cm³/mol. The average molecular weight is 298 g/mol. The Hall–Kier alpha value is -0.450. The van der Waals surface area contributed by atoms with E-state index in [0.717, 1.165) is 37.5 Å². The molecule has 1 atom stereocenters. The Morgan fingerprint density at radius 3 is 2.50 bits per heavy atom. The Kier molecular flexibility index (Phi) is 7.13. The van der Waals surface area contributed by atoms with Gasteiger partial charge in [0.05, 0.1) is 5.69 Å². The van der Waals surface area contributed by atoms with Crippen molar-refractivity contribution in [2.24, 2.45) is 0 Å². The highest BCUT2D eigenvalue weighted by atomic mass is 32.1. The van der Waals surface area contributed by atoms with E-state index in [1.807, 2.05) is 11.3 Å². The Balaban J connectivity index is 3.01. The predicted octanol–water partition coefficient (Wildman–Crippen LogP) is 4.43. The van der Waals surface area contributed by atoms with Crippen LogP contribution in [0.15, 0.2) is 0 Å². The van der Waals surface area contributed by atoms with Gasteiger partial charge < -0.3 is 10.1 Å². The molecule has 0 aliphatic rings. The number of hydrogen-bond donors (Lipinski definition) is 1. The van der Waals surface area contributed by atoms with Crippen molar-refractivity contribution < 1.29 is 4.74 Å². The summed E-state index contributed by atoms with van der Waals surface area (Å²) in [7, 11) is 0. The van der Waals surface area contributed by atoms with Gasteiger partial charge in [-0.1, -0.05) is 27.7 Å². The molecule has 3 nitrogen and oxygen atoms in total. The Bertz CT molecular complexity index is 403. The molecule has 20 heavy (non-hydrogen) atoms. The summed E-state index contributed by atoms with van der Waals surface area (Å²) in [4.78, 5) is 6.27. The van der Waals surface area contributed by atoms with Gasteiger partial charge in [0.2, 0.25) is 0 Å². The van der Waals surface area contributed by atoms with Crippen molar-refractivity contribution in [3.8, 4) is 0 Å². The normalized spacial score (nSPS) is 14.8. The number of thiazole rings is 1. The zero-order chi connectivity index (χ0) is 15.2. The lowest BCUT2D eigenvalue weighted by molar-refractivity contribution is -0.0325. The van der Waals surface area contributed by atoms with Gasteiger partial charge in [0, 0.05) is 18.0 Å². The van der Waals surface area contributed by atoms with Crippen LogP contribution in [0.2, 0.25) is 0 Å². The Labute approximate surface area is 128 Å². The summed E-state index contributed by atoms with van der Waals surface area (Å²) in [5, 5.41) is 4.61. The van der Waals surface area contributed by atoms with Crippen LogP contribution in [0.25, 0.3) is 0 Å². The maximum absolute atomic E-state index is 5.97. The molecule has 1 N–H and O–H groups in total. The molecule has 0 fully saturated rings. The maximum atomic E-state index is 5.97. The zero-order valence-corrected chi connectivity index (χ0v) is 14.7. The van der Waals surface area contributed by atoms with Gasteiger partial charge in [0.25, 0.3) is 0 Å². The first-order valence-electron chi connectivity index (χ1n) is 7.83. The molecule has 1 rings (SSSR count). The molecule has 1 aromatic heterocycles. The van der Waals surface area contributed by atoms with Gasteiger partial charge in [-0.15, -0.1) is 11.3 Å². The molecule has 0 saturated heterocycles. The van der Waals surface area contributed by atoms with Crippen LogP contribution in [-0.4, -0.2) is 18.1 Å². The molecule has 0 aliphatic carbocycles. The largest absolute Gasteiger partial charge is 0.368 e. The lowest BCUT2D eigenvalue weighted by Crippen LogP contribution is -2.24. The number of hydrogen-bond acceptors (Lipinski definition) is 4. The van der Waals surface area contributed by atoms with E-state index in [2.05, 4.69) is 46.9 Å². The highest BCUT2D eigenvalue weighted by Gasteiger charge is 2.30. The lowest BCUT2D eigenvalue weighted by atomic mass is 10.0. The van der Waals surface area contributed by atoms with Crippen molar-refractivity contribution in [1.82, 2.24) is 10.3 Å². The van der Waals surface area contributed by atoms with E-state index in [0.29, 0.717) is 5.92 Å². The molecule has 0 bridgehead atoms. The van der Waals surface area contributed by atoms with Crippen LogP contribution in [0.3, 0.4) is 0 Å². The van der Waals surface area contributed by atoms with E-state index >= 15 is 0 Å².